The average Bonchev–Trinajstić information content (AvgIpc) is 1.90. The molecule has 11 heavy (non-hydrogen) atoms. The molecule has 0 atom stereocenters. The van der Waals surface area contributed by atoms with E-state index in [-0.39, 0.29) is 0 Å². The normalized spacial score (nSPS) is 19.2. The number of carboxylic acids is 1. The monoisotopic (exact) mass is 159 g/mol. The lowest BCUT2D eigenvalue weighted by molar-refractivity contribution is -0.148. The smallest absolute Gasteiger partial charge is 0.323 e. The third-order valence-electron chi connectivity index (χ3n) is 2.10. The SMILES string of the molecule is CC.CNC1(C(=O)O)CCC1. The van der Waals surface area contributed by atoms with Crippen LogP contribution >= 0.6 is 0 Å². The summed E-state index contributed by atoms with van der Waals surface area (Å²) < 4.78 is 0. The quantitative estimate of drug-likeness (QED) is 0.637. The van der Waals surface area contributed by atoms with Gasteiger partial charge in [-0.2, -0.15) is 0 Å². The number of hydrogen-bond donors (Lipinski definition) is 2. The lowest BCUT2D eigenvalue weighted by Gasteiger charge is -2.36. The Morgan fingerprint density at radius 2 is 1.91 bits per heavy atom. The van der Waals surface area contributed by atoms with Gasteiger partial charge in [0.25, 0.3) is 0 Å². The molecule has 0 aromatic heterocycles. The summed E-state index contributed by atoms with van der Waals surface area (Å²) in [5.41, 5.74) is -0.569. The first-order valence-corrected chi connectivity index (χ1v) is 4.13. The first kappa shape index (κ1) is 10.4. The van der Waals surface area contributed by atoms with Crippen molar-refractivity contribution in [3.63, 3.8) is 0 Å². The Morgan fingerprint density at radius 3 is 1.91 bits per heavy atom. The van der Waals surface area contributed by atoms with Crippen molar-refractivity contribution in [2.24, 2.45) is 0 Å². The van der Waals surface area contributed by atoms with E-state index in [0.717, 1.165) is 19.3 Å². The van der Waals surface area contributed by atoms with Gasteiger partial charge in [-0.3, -0.25) is 4.79 Å². The molecule has 0 bridgehead atoms. The minimum atomic E-state index is -0.712. The van der Waals surface area contributed by atoms with Gasteiger partial charge in [0, 0.05) is 0 Å². The maximum absolute atomic E-state index is 10.5. The Balaban J connectivity index is 0.000000461. The van der Waals surface area contributed by atoms with Crippen LogP contribution in [0.15, 0.2) is 0 Å². The van der Waals surface area contributed by atoms with E-state index >= 15 is 0 Å². The number of carbonyl (C=O) groups is 1. The summed E-state index contributed by atoms with van der Waals surface area (Å²) in [5, 5.41) is 11.4. The Hall–Kier alpha value is -0.570. The van der Waals surface area contributed by atoms with Gasteiger partial charge in [-0.05, 0) is 26.3 Å². The molecule has 3 heteroatoms. The second-order valence-corrected chi connectivity index (χ2v) is 2.49. The van der Waals surface area contributed by atoms with E-state index in [1.165, 1.54) is 0 Å². The molecular formula is C8H17NO2. The van der Waals surface area contributed by atoms with Gasteiger partial charge < -0.3 is 10.4 Å². The third kappa shape index (κ3) is 1.93. The molecule has 2 N–H and O–H groups in total. The second-order valence-electron chi connectivity index (χ2n) is 2.49. The predicted molar refractivity (Wildman–Crippen MR) is 44.6 cm³/mol. The van der Waals surface area contributed by atoms with Crippen LogP contribution in [0.5, 0.6) is 0 Å². The fourth-order valence-corrected chi connectivity index (χ4v) is 1.10. The van der Waals surface area contributed by atoms with Crippen LogP contribution in [0.4, 0.5) is 0 Å². The van der Waals surface area contributed by atoms with E-state index in [1.807, 2.05) is 13.8 Å². The summed E-state index contributed by atoms with van der Waals surface area (Å²) in [4.78, 5) is 10.5. The van der Waals surface area contributed by atoms with Crippen molar-refractivity contribution in [2.45, 2.75) is 38.6 Å². The zero-order chi connectivity index (χ0) is 8.91. The van der Waals surface area contributed by atoms with Crippen molar-refractivity contribution in [1.29, 1.82) is 0 Å². The molecule has 3 nitrogen and oxygen atoms in total. The zero-order valence-electron chi connectivity index (χ0n) is 7.48. The Bertz CT molecular complexity index is 125. The first-order valence-electron chi connectivity index (χ1n) is 4.13. The van der Waals surface area contributed by atoms with Gasteiger partial charge in [-0.15, -0.1) is 0 Å². The van der Waals surface area contributed by atoms with Crippen LogP contribution < -0.4 is 5.32 Å². The van der Waals surface area contributed by atoms with Crippen LogP contribution in [0.2, 0.25) is 0 Å². The highest BCUT2D eigenvalue weighted by atomic mass is 16.4. The highest BCUT2D eigenvalue weighted by molar-refractivity contribution is 5.79. The van der Waals surface area contributed by atoms with Gasteiger partial charge in [0.2, 0.25) is 0 Å². The van der Waals surface area contributed by atoms with Crippen molar-refractivity contribution in [3.8, 4) is 0 Å². The molecular weight excluding hydrogens is 142 g/mol. The summed E-state index contributed by atoms with van der Waals surface area (Å²) in [6.45, 7) is 4.00. The summed E-state index contributed by atoms with van der Waals surface area (Å²) in [5.74, 6) is -0.712. The molecule has 0 radical (unpaired) electrons. The summed E-state index contributed by atoms with van der Waals surface area (Å²) >= 11 is 0. The van der Waals surface area contributed by atoms with Crippen molar-refractivity contribution >= 4 is 5.97 Å². The van der Waals surface area contributed by atoms with Gasteiger partial charge in [0.1, 0.15) is 5.54 Å². The van der Waals surface area contributed by atoms with Crippen LogP contribution in [0.25, 0.3) is 0 Å². The van der Waals surface area contributed by atoms with Gasteiger partial charge in [0.15, 0.2) is 0 Å². The van der Waals surface area contributed by atoms with E-state index < -0.39 is 11.5 Å². The molecule has 0 aromatic rings. The molecule has 1 aliphatic carbocycles. The zero-order valence-corrected chi connectivity index (χ0v) is 7.48. The van der Waals surface area contributed by atoms with Crippen molar-refractivity contribution in [2.75, 3.05) is 7.05 Å². The van der Waals surface area contributed by atoms with Crippen molar-refractivity contribution in [3.05, 3.63) is 0 Å². The standard InChI is InChI=1S/C6H11NO2.C2H6/c1-7-6(5(8)9)3-2-4-6;1-2/h7H,2-4H2,1H3,(H,8,9);1-2H3. The summed E-state index contributed by atoms with van der Waals surface area (Å²) in [7, 11) is 1.70. The summed E-state index contributed by atoms with van der Waals surface area (Å²) in [6.07, 6.45) is 2.59. The minimum Gasteiger partial charge on any atom is -0.480 e. The highest BCUT2D eigenvalue weighted by Gasteiger charge is 2.42. The topological polar surface area (TPSA) is 49.3 Å². The van der Waals surface area contributed by atoms with Crippen LogP contribution in [0.3, 0.4) is 0 Å². The number of likely N-dealkylation sites (N-methyl/N-ethyl adjacent to an activating group) is 1. The third-order valence-corrected chi connectivity index (χ3v) is 2.10. The molecule has 1 saturated carbocycles. The fourth-order valence-electron chi connectivity index (χ4n) is 1.10. The van der Waals surface area contributed by atoms with Crippen LogP contribution in [-0.2, 0) is 4.79 Å². The lowest BCUT2D eigenvalue weighted by atomic mass is 9.77. The van der Waals surface area contributed by atoms with Crippen molar-refractivity contribution < 1.29 is 9.90 Å². The Kier molecular flexibility index (Phi) is 4.11. The number of rotatable bonds is 2. The fraction of sp³-hybridized carbons (Fsp3) is 0.875. The molecule has 66 valence electrons. The molecule has 0 unspecified atom stereocenters. The Labute approximate surface area is 67.8 Å². The number of hydrogen-bond acceptors (Lipinski definition) is 2. The molecule has 1 aliphatic rings. The van der Waals surface area contributed by atoms with E-state index in [2.05, 4.69) is 5.32 Å². The predicted octanol–water partition coefficient (Wildman–Crippen LogP) is 1.24. The van der Waals surface area contributed by atoms with Crippen LogP contribution in [-0.4, -0.2) is 23.7 Å². The van der Waals surface area contributed by atoms with Crippen LogP contribution in [0.1, 0.15) is 33.1 Å². The maximum Gasteiger partial charge on any atom is 0.323 e. The molecule has 0 amide bonds. The van der Waals surface area contributed by atoms with Gasteiger partial charge in [-0.25, -0.2) is 0 Å². The maximum atomic E-state index is 10.5. The molecule has 0 saturated heterocycles. The average molecular weight is 159 g/mol. The first-order chi connectivity index (χ1) is 5.21. The molecule has 0 spiro atoms. The van der Waals surface area contributed by atoms with Gasteiger partial charge in [-0.1, -0.05) is 13.8 Å². The number of nitrogens with one attached hydrogen (secondary N) is 1. The van der Waals surface area contributed by atoms with Gasteiger partial charge in [0.05, 0.1) is 0 Å². The van der Waals surface area contributed by atoms with E-state index in [0.29, 0.717) is 0 Å². The van der Waals surface area contributed by atoms with Crippen LogP contribution in [0, 0.1) is 0 Å². The summed E-state index contributed by atoms with van der Waals surface area (Å²) in [6, 6.07) is 0. The van der Waals surface area contributed by atoms with E-state index in [9.17, 15) is 4.79 Å². The van der Waals surface area contributed by atoms with Gasteiger partial charge >= 0.3 is 5.97 Å². The minimum absolute atomic E-state index is 0.569. The molecule has 0 aliphatic heterocycles. The Morgan fingerprint density at radius 1 is 1.45 bits per heavy atom. The number of aliphatic carboxylic acids is 1. The highest BCUT2D eigenvalue weighted by Crippen LogP contribution is 2.31. The molecule has 1 rings (SSSR count). The molecule has 0 aromatic carbocycles. The molecule has 0 heterocycles. The second kappa shape index (κ2) is 4.34. The largest absolute Gasteiger partial charge is 0.480 e. The van der Waals surface area contributed by atoms with Crippen molar-refractivity contribution in [1.82, 2.24) is 5.32 Å². The number of carboxylic acid groups (broad SMARTS) is 1. The van der Waals surface area contributed by atoms with E-state index in [4.69, 9.17) is 5.11 Å². The van der Waals surface area contributed by atoms with E-state index in [1.54, 1.807) is 7.05 Å². The lowest BCUT2D eigenvalue weighted by Crippen LogP contribution is -2.55. The molecule has 1 fully saturated rings.